The molecule has 2 aliphatic carbocycles. The number of hydrogen-bond donors (Lipinski definition) is 0. The van der Waals surface area contributed by atoms with Crippen LogP contribution in [0.5, 0.6) is 0 Å². The Morgan fingerprint density at radius 1 is 1.38 bits per heavy atom. The number of nitriles is 2. The van der Waals surface area contributed by atoms with E-state index in [0.29, 0.717) is 5.92 Å². The summed E-state index contributed by atoms with van der Waals surface area (Å²) in [5.74, 6) is 0.491. The van der Waals surface area contributed by atoms with E-state index < -0.39 is 5.41 Å². The molecule has 1 saturated carbocycles. The minimum atomic E-state index is -0.799. The van der Waals surface area contributed by atoms with Crippen LogP contribution in [0.15, 0.2) is 23.3 Å². The molecular formula is C11H10N2. The molecular weight excluding hydrogens is 160 g/mol. The Kier molecular flexibility index (Phi) is 1.39. The Balaban J connectivity index is 2.52. The van der Waals surface area contributed by atoms with Crippen LogP contribution < -0.4 is 0 Å². The lowest BCUT2D eigenvalue weighted by atomic mass is 9.96. The van der Waals surface area contributed by atoms with Crippen LogP contribution in [0, 0.1) is 39.9 Å². The van der Waals surface area contributed by atoms with Crippen LogP contribution in [-0.2, 0) is 0 Å². The predicted octanol–water partition coefficient (Wildman–Crippen LogP) is 2.17. The molecule has 2 unspecified atom stereocenters. The summed E-state index contributed by atoms with van der Waals surface area (Å²) in [5, 5.41) is 18.0. The van der Waals surface area contributed by atoms with Gasteiger partial charge in [-0.2, -0.15) is 10.5 Å². The molecule has 0 N–H and O–H groups in total. The molecule has 0 aromatic rings. The van der Waals surface area contributed by atoms with Gasteiger partial charge in [-0.1, -0.05) is 19.1 Å². The zero-order valence-corrected chi connectivity index (χ0v) is 7.70. The summed E-state index contributed by atoms with van der Waals surface area (Å²) in [4.78, 5) is 0. The van der Waals surface area contributed by atoms with Gasteiger partial charge < -0.3 is 0 Å². The van der Waals surface area contributed by atoms with E-state index in [0.717, 1.165) is 11.1 Å². The first kappa shape index (κ1) is 8.08. The van der Waals surface area contributed by atoms with Crippen LogP contribution in [0.3, 0.4) is 0 Å². The number of hydrogen-bond acceptors (Lipinski definition) is 2. The molecule has 2 nitrogen and oxygen atoms in total. The van der Waals surface area contributed by atoms with E-state index in [1.807, 2.05) is 13.0 Å². The number of fused-ring (bicyclic) bond motifs is 1. The van der Waals surface area contributed by atoms with Crippen LogP contribution in [-0.4, -0.2) is 0 Å². The van der Waals surface area contributed by atoms with Gasteiger partial charge in [-0.05, 0) is 24.0 Å². The first-order chi connectivity index (χ1) is 6.17. The second-order valence-electron chi connectivity index (χ2n) is 3.82. The second kappa shape index (κ2) is 2.24. The lowest BCUT2D eigenvalue weighted by Gasteiger charge is -2.06. The third-order valence-corrected chi connectivity index (χ3v) is 3.07. The van der Waals surface area contributed by atoms with Crippen molar-refractivity contribution in [2.45, 2.75) is 13.8 Å². The van der Waals surface area contributed by atoms with Crippen LogP contribution in [0.4, 0.5) is 0 Å². The fourth-order valence-corrected chi connectivity index (χ4v) is 2.35. The van der Waals surface area contributed by atoms with Gasteiger partial charge in [0, 0.05) is 5.92 Å². The molecule has 13 heavy (non-hydrogen) atoms. The van der Waals surface area contributed by atoms with E-state index in [4.69, 9.17) is 10.5 Å². The van der Waals surface area contributed by atoms with Crippen molar-refractivity contribution in [1.29, 1.82) is 10.5 Å². The third kappa shape index (κ3) is 0.756. The monoisotopic (exact) mass is 170 g/mol. The van der Waals surface area contributed by atoms with Crippen molar-refractivity contribution in [2.75, 3.05) is 0 Å². The van der Waals surface area contributed by atoms with Gasteiger partial charge in [-0.15, -0.1) is 0 Å². The van der Waals surface area contributed by atoms with Crippen LogP contribution in [0.2, 0.25) is 0 Å². The Hall–Kier alpha value is -1.54. The maximum absolute atomic E-state index is 8.99. The Labute approximate surface area is 77.8 Å². The molecule has 0 aliphatic heterocycles. The topological polar surface area (TPSA) is 47.6 Å². The molecule has 2 atom stereocenters. The van der Waals surface area contributed by atoms with Crippen LogP contribution >= 0.6 is 0 Å². The number of allylic oxidation sites excluding steroid dienone is 4. The minimum absolute atomic E-state index is 0.160. The second-order valence-corrected chi connectivity index (χ2v) is 3.82. The molecule has 0 aromatic heterocycles. The molecule has 0 aromatic carbocycles. The van der Waals surface area contributed by atoms with Gasteiger partial charge in [0.1, 0.15) is 0 Å². The normalized spacial score (nSPS) is 33.2. The van der Waals surface area contributed by atoms with Gasteiger partial charge >= 0.3 is 0 Å². The van der Waals surface area contributed by atoms with Crippen molar-refractivity contribution in [3.8, 4) is 12.1 Å². The summed E-state index contributed by atoms with van der Waals surface area (Å²) in [6.07, 6.45) is 4.10. The smallest absolute Gasteiger partial charge is 0.172 e. The number of rotatable bonds is 0. The standard InChI is InChI=1S/C11H10N2/c1-7-3-4-8(2)10-9(7)11(10,5-12)6-13/h3-4,7,9H,1-2H3. The predicted molar refractivity (Wildman–Crippen MR) is 48.2 cm³/mol. The molecule has 0 saturated heterocycles. The lowest BCUT2D eigenvalue weighted by molar-refractivity contribution is 0.568. The van der Waals surface area contributed by atoms with Gasteiger partial charge in [0.25, 0.3) is 0 Å². The molecule has 64 valence electrons. The molecule has 0 radical (unpaired) electrons. The lowest BCUT2D eigenvalue weighted by Crippen LogP contribution is -2.02. The van der Waals surface area contributed by atoms with Crippen molar-refractivity contribution in [1.82, 2.24) is 0 Å². The van der Waals surface area contributed by atoms with Crippen LogP contribution in [0.1, 0.15) is 13.8 Å². The summed E-state index contributed by atoms with van der Waals surface area (Å²) < 4.78 is 0. The highest BCUT2D eigenvalue weighted by Crippen LogP contribution is 2.64. The van der Waals surface area contributed by atoms with E-state index in [2.05, 4.69) is 25.1 Å². The highest BCUT2D eigenvalue weighted by Gasteiger charge is 2.64. The summed E-state index contributed by atoms with van der Waals surface area (Å²) in [5.41, 5.74) is 1.35. The van der Waals surface area contributed by atoms with E-state index in [1.165, 1.54) is 0 Å². The first-order valence-electron chi connectivity index (χ1n) is 4.39. The first-order valence-corrected chi connectivity index (χ1v) is 4.39. The van der Waals surface area contributed by atoms with E-state index in [9.17, 15) is 0 Å². The van der Waals surface area contributed by atoms with E-state index in [-0.39, 0.29) is 5.92 Å². The Morgan fingerprint density at radius 3 is 2.46 bits per heavy atom. The fraction of sp³-hybridized carbons (Fsp3) is 0.455. The SMILES string of the molecule is CC1=C2C(C(C)C=C1)C2(C#N)C#N. The minimum Gasteiger partial charge on any atom is -0.196 e. The van der Waals surface area contributed by atoms with Gasteiger partial charge in [0.15, 0.2) is 5.41 Å². The van der Waals surface area contributed by atoms with Crippen molar-refractivity contribution in [2.24, 2.45) is 17.3 Å². The molecule has 0 spiro atoms. The van der Waals surface area contributed by atoms with Gasteiger partial charge in [-0.3, -0.25) is 0 Å². The van der Waals surface area contributed by atoms with Crippen molar-refractivity contribution in [3.05, 3.63) is 23.3 Å². The van der Waals surface area contributed by atoms with E-state index in [1.54, 1.807) is 0 Å². The maximum Gasteiger partial charge on any atom is 0.172 e. The largest absolute Gasteiger partial charge is 0.196 e. The average molecular weight is 170 g/mol. The molecule has 1 fully saturated rings. The molecule has 0 bridgehead atoms. The molecule has 2 aliphatic rings. The van der Waals surface area contributed by atoms with Crippen LogP contribution in [0.25, 0.3) is 0 Å². The zero-order chi connectivity index (χ0) is 9.64. The molecule has 0 heterocycles. The Bertz CT molecular complexity index is 387. The summed E-state index contributed by atoms with van der Waals surface area (Å²) in [7, 11) is 0. The quantitative estimate of drug-likeness (QED) is 0.559. The van der Waals surface area contributed by atoms with Gasteiger partial charge in [-0.25, -0.2) is 0 Å². The highest BCUT2D eigenvalue weighted by molar-refractivity contribution is 5.59. The maximum atomic E-state index is 8.99. The molecule has 2 heteroatoms. The fourth-order valence-electron chi connectivity index (χ4n) is 2.35. The average Bonchev–Trinajstić information content (AvgIpc) is 2.83. The van der Waals surface area contributed by atoms with E-state index >= 15 is 0 Å². The van der Waals surface area contributed by atoms with Gasteiger partial charge in [0.2, 0.25) is 0 Å². The third-order valence-electron chi connectivity index (χ3n) is 3.07. The summed E-state index contributed by atoms with van der Waals surface area (Å²) in [6.45, 7) is 4.03. The van der Waals surface area contributed by atoms with Crippen molar-refractivity contribution < 1.29 is 0 Å². The Morgan fingerprint density at radius 2 is 2.00 bits per heavy atom. The highest BCUT2D eigenvalue weighted by atomic mass is 14.6. The van der Waals surface area contributed by atoms with Crippen molar-refractivity contribution in [3.63, 3.8) is 0 Å². The molecule has 0 amide bonds. The van der Waals surface area contributed by atoms with Gasteiger partial charge in [0.05, 0.1) is 12.1 Å². The van der Waals surface area contributed by atoms with Crippen molar-refractivity contribution >= 4 is 0 Å². The summed E-state index contributed by atoms with van der Waals surface area (Å²) >= 11 is 0. The molecule has 2 rings (SSSR count). The zero-order valence-electron chi connectivity index (χ0n) is 7.70. The number of nitrogens with zero attached hydrogens (tertiary/aromatic N) is 2. The summed E-state index contributed by atoms with van der Waals surface area (Å²) in [6, 6.07) is 4.29.